The summed E-state index contributed by atoms with van der Waals surface area (Å²) in [5.74, 6) is -0.797. The van der Waals surface area contributed by atoms with E-state index in [9.17, 15) is 18.8 Å². The molecule has 7 nitrogen and oxygen atoms in total. The van der Waals surface area contributed by atoms with Gasteiger partial charge in [-0.2, -0.15) is 0 Å². The molecule has 9 heteroatoms. The maximum atomic E-state index is 14.1. The van der Waals surface area contributed by atoms with Crippen molar-refractivity contribution in [2.45, 2.75) is 18.9 Å². The van der Waals surface area contributed by atoms with Crippen molar-refractivity contribution in [1.29, 1.82) is 0 Å². The van der Waals surface area contributed by atoms with Crippen LogP contribution in [0.3, 0.4) is 0 Å². The predicted molar refractivity (Wildman–Crippen MR) is 147 cm³/mol. The van der Waals surface area contributed by atoms with Crippen LogP contribution in [-0.2, 0) is 6.54 Å². The summed E-state index contributed by atoms with van der Waals surface area (Å²) in [6.07, 6.45) is 1.000. The van der Waals surface area contributed by atoms with E-state index in [0.717, 1.165) is 24.3 Å². The van der Waals surface area contributed by atoms with E-state index >= 15 is 0 Å². The molecule has 2 aromatic carbocycles. The second-order valence-corrected chi connectivity index (χ2v) is 10.6. The molecule has 2 bridgehead atoms. The molecule has 0 unspecified atom stereocenters. The van der Waals surface area contributed by atoms with E-state index in [1.165, 1.54) is 23.5 Å². The standard InChI is InChI=1S/C29H25FN4O3S/c30-21-5-1-2-6-22(21)31-28(36)19-10-11-25(23(14-19)32-29(37)26-8-4-12-38-26)33-15-18-13-20(17-33)24-7-3-9-27(35)34(24)16-18/h1-12,14,18,20H,13,15-17H2,(H,31,36)(H,32,37)/t18-,20+/m1/s1. The number of piperidine rings is 1. The highest BCUT2D eigenvalue weighted by atomic mass is 32.1. The molecular weight excluding hydrogens is 503 g/mol. The lowest BCUT2D eigenvalue weighted by molar-refractivity contribution is 0.101. The fourth-order valence-corrected chi connectivity index (χ4v) is 6.11. The number of thiophene rings is 1. The van der Waals surface area contributed by atoms with Gasteiger partial charge in [-0.1, -0.05) is 24.3 Å². The number of hydrogen-bond donors (Lipinski definition) is 2. The molecule has 4 heterocycles. The molecule has 38 heavy (non-hydrogen) atoms. The van der Waals surface area contributed by atoms with Crippen LogP contribution >= 0.6 is 11.3 Å². The number of hydrogen-bond acceptors (Lipinski definition) is 5. The number of amides is 2. The molecular formula is C29H25FN4O3S. The van der Waals surface area contributed by atoms with Gasteiger partial charge in [-0.25, -0.2) is 4.39 Å². The SMILES string of the molecule is O=C(Nc1ccccc1F)c1ccc(N2C[C@H]3C[C@@H](C2)c2cccc(=O)n2C3)c(NC(=O)c2cccs2)c1. The third kappa shape index (κ3) is 4.61. The van der Waals surface area contributed by atoms with Gasteiger partial charge in [0.25, 0.3) is 17.4 Å². The lowest BCUT2D eigenvalue weighted by Crippen LogP contribution is -2.47. The molecule has 0 saturated carbocycles. The first-order valence-electron chi connectivity index (χ1n) is 12.5. The topological polar surface area (TPSA) is 83.4 Å². The minimum atomic E-state index is -0.525. The van der Waals surface area contributed by atoms with Crippen molar-refractivity contribution in [3.05, 3.63) is 110 Å². The van der Waals surface area contributed by atoms with Crippen molar-refractivity contribution >= 4 is 40.2 Å². The van der Waals surface area contributed by atoms with Crippen LogP contribution in [0.25, 0.3) is 0 Å². The second kappa shape index (κ2) is 9.90. The average molecular weight is 529 g/mol. The third-order valence-electron chi connectivity index (χ3n) is 7.19. The van der Waals surface area contributed by atoms with Crippen LogP contribution in [0.2, 0.25) is 0 Å². The smallest absolute Gasteiger partial charge is 0.265 e. The number of para-hydroxylation sites is 1. The van der Waals surface area contributed by atoms with Crippen molar-refractivity contribution in [2.24, 2.45) is 5.92 Å². The van der Waals surface area contributed by atoms with Crippen molar-refractivity contribution < 1.29 is 14.0 Å². The zero-order valence-corrected chi connectivity index (χ0v) is 21.2. The number of rotatable bonds is 5. The second-order valence-electron chi connectivity index (χ2n) is 9.70. The lowest BCUT2D eigenvalue weighted by atomic mass is 9.83. The number of nitrogens with zero attached hydrogens (tertiary/aromatic N) is 2. The highest BCUT2D eigenvalue weighted by Crippen LogP contribution is 2.39. The van der Waals surface area contributed by atoms with Gasteiger partial charge in [0.15, 0.2) is 0 Å². The van der Waals surface area contributed by atoms with Gasteiger partial charge in [0.05, 0.1) is 21.9 Å². The average Bonchev–Trinajstić information content (AvgIpc) is 3.46. The first-order valence-corrected chi connectivity index (χ1v) is 13.3. The number of fused-ring (bicyclic) bond motifs is 4. The number of nitrogens with one attached hydrogen (secondary N) is 2. The Morgan fingerprint density at radius 1 is 0.868 bits per heavy atom. The highest BCUT2D eigenvalue weighted by molar-refractivity contribution is 7.12. The summed E-state index contributed by atoms with van der Waals surface area (Å²) in [7, 11) is 0. The summed E-state index contributed by atoms with van der Waals surface area (Å²) >= 11 is 1.33. The van der Waals surface area contributed by atoms with Gasteiger partial charge < -0.3 is 20.1 Å². The summed E-state index contributed by atoms with van der Waals surface area (Å²) in [5, 5.41) is 7.44. The van der Waals surface area contributed by atoms with Gasteiger partial charge in [0, 0.05) is 42.9 Å². The molecule has 2 N–H and O–H groups in total. The van der Waals surface area contributed by atoms with Crippen molar-refractivity contribution in [1.82, 2.24) is 4.57 Å². The molecule has 6 rings (SSSR count). The van der Waals surface area contributed by atoms with Crippen molar-refractivity contribution in [3.63, 3.8) is 0 Å². The molecule has 0 aliphatic carbocycles. The Bertz CT molecular complexity index is 1580. The van der Waals surface area contributed by atoms with Gasteiger partial charge in [-0.05, 0) is 60.2 Å². The molecule has 0 radical (unpaired) electrons. The fraction of sp³-hybridized carbons (Fsp3) is 0.207. The van der Waals surface area contributed by atoms with Crippen LogP contribution in [0.4, 0.5) is 21.5 Å². The minimum absolute atomic E-state index is 0.0276. The fourth-order valence-electron chi connectivity index (χ4n) is 5.50. The van der Waals surface area contributed by atoms with E-state index < -0.39 is 11.7 Å². The first kappa shape index (κ1) is 24.1. The summed E-state index contributed by atoms with van der Waals surface area (Å²) in [6.45, 7) is 2.06. The monoisotopic (exact) mass is 528 g/mol. The Labute approximate surface area is 222 Å². The van der Waals surface area contributed by atoms with E-state index in [-0.39, 0.29) is 29.0 Å². The zero-order chi connectivity index (χ0) is 26.2. The quantitative estimate of drug-likeness (QED) is 0.374. The zero-order valence-electron chi connectivity index (χ0n) is 20.4. The van der Waals surface area contributed by atoms with Crippen LogP contribution in [0.15, 0.2) is 83.0 Å². The summed E-state index contributed by atoms with van der Waals surface area (Å²) < 4.78 is 16.0. The third-order valence-corrected chi connectivity index (χ3v) is 8.06. The summed E-state index contributed by atoms with van der Waals surface area (Å²) in [6, 6.07) is 20.1. The van der Waals surface area contributed by atoms with Gasteiger partial charge in [-0.15, -0.1) is 11.3 Å². The Morgan fingerprint density at radius 2 is 1.71 bits per heavy atom. The number of carbonyl (C=O) groups excluding carboxylic acids is 2. The number of aromatic nitrogens is 1. The molecule has 1 saturated heterocycles. The van der Waals surface area contributed by atoms with Gasteiger partial charge in [0.2, 0.25) is 0 Å². The van der Waals surface area contributed by atoms with E-state index in [1.54, 1.807) is 36.4 Å². The number of anilines is 3. The maximum Gasteiger partial charge on any atom is 0.265 e. The summed E-state index contributed by atoms with van der Waals surface area (Å²) in [4.78, 5) is 41.2. The Hall–Kier alpha value is -4.24. The van der Waals surface area contributed by atoms with Crippen LogP contribution < -0.4 is 21.1 Å². The molecule has 2 atom stereocenters. The highest BCUT2D eigenvalue weighted by Gasteiger charge is 2.35. The molecule has 192 valence electrons. The molecule has 4 aromatic rings. The van der Waals surface area contributed by atoms with Crippen LogP contribution in [-0.4, -0.2) is 29.5 Å². The lowest BCUT2D eigenvalue weighted by Gasteiger charge is -2.44. The maximum absolute atomic E-state index is 14.1. The van der Waals surface area contributed by atoms with Gasteiger partial charge in [-0.3, -0.25) is 14.4 Å². The van der Waals surface area contributed by atoms with E-state index in [4.69, 9.17) is 0 Å². The Kier molecular flexibility index (Phi) is 6.29. The molecule has 2 aliphatic rings. The van der Waals surface area contributed by atoms with E-state index in [1.807, 2.05) is 34.2 Å². The van der Waals surface area contributed by atoms with E-state index in [0.29, 0.717) is 29.2 Å². The molecule has 2 aliphatic heterocycles. The van der Waals surface area contributed by atoms with Crippen molar-refractivity contribution in [3.8, 4) is 0 Å². The predicted octanol–water partition coefficient (Wildman–Crippen LogP) is 5.18. The van der Waals surface area contributed by atoms with Crippen LogP contribution in [0.5, 0.6) is 0 Å². The first-order chi connectivity index (χ1) is 18.5. The number of pyridine rings is 1. The van der Waals surface area contributed by atoms with Gasteiger partial charge in [0.1, 0.15) is 5.82 Å². The van der Waals surface area contributed by atoms with Crippen LogP contribution in [0, 0.1) is 11.7 Å². The molecule has 2 amide bonds. The Morgan fingerprint density at radius 3 is 2.53 bits per heavy atom. The molecule has 2 aromatic heterocycles. The number of benzene rings is 2. The number of halogens is 1. The normalized spacial score (nSPS) is 18.0. The largest absolute Gasteiger partial charge is 0.369 e. The summed E-state index contributed by atoms with van der Waals surface area (Å²) in [5.41, 5.74) is 2.76. The van der Waals surface area contributed by atoms with Crippen LogP contribution in [0.1, 0.15) is 38.1 Å². The van der Waals surface area contributed by atoms with E-state index in [2.05, 4.69) is 15.5 Å². The molecule has 0 spiro atoms. The molecule has 1 fully saturated rings. The number of carbonyl (C=O) groups is 2. The Balaban J connectivity index is 1.33. The van der Waals surface area contributed by atoms with Crippen molar-refractivity contribution in [2.75, 3.05) is 28.6 Å². The minimum Gasteiger partial charge on any atom is -0.369 e. The van der Waals surface area contributed by atoms with Gasteiger partial charge >= 0.3 is 0 Å².